The largest absolute Gasteiger partial charge is 0.454 e. The van der Waals surface area contributed by atoms with Gasteiger partial charge in [-0.15, -0.1) is 0 Å². The number of halogens is 1. The van der Waals surface area contributed by atoms with Crippen LogP contribution in [0, 0.1) is 0 Å². The van der Waals surface area contributed by atoms with Gasteiger partial charge in [0.25, 0.3) is 0 Å². The molecule has 9 nitrogen and oxygen atoms in total. The van der Waals surface area contributed by atoms with E-state index in [9.17, 15) is 18.0 Å². The highest BCUT2D eigenvalue weighted by molar-refractivity contribution is 7.92. The molecule has 0 spiro atoms. The van der Waals surface area contributed by atoms with Gasteiger partial charge >= 0.3 is 0 Å². The number of sulfonamides is 1. The van der Waals surface area contributed by atoms with Gasteiger partial charge in [0.2, 0.25) is 28.6 Å². The molecule has 1 atom stereocenters. The summed E-state index contributed by atoms with van der Waals surface area (Å²) in [7, 11) is -3.84. The van der Waals surface area contributed by atoms with E-state index < -0.39 is 28.5 Å². The summed E-state index contributed by atoms with van der Waals surface area (Å²) in [4.78, 5) is 28.0. The van der Waals surface area contributed by atoms with Crippen LogP contribution in [0.2, 0.25) is 5.02 Å². The fourth-order valence-corrected chi connectivity index (χ4v) is 4.71. The molecule has 0 radical (unpaired) electrons. The highest BCUT2D eigenvalue weighted by atomic mass is 35.5. The van der Waals surface area contributed by atoms with Crippen LogP contribution in [0.1, 0.15) is 32.8 Å². The first kappa shape index (κ1) is 26.6. The van der Waals surface area contributed by atoms with Gasteiger partial charge in [0.1, 0.15) is 12.6 Å². The molecule has 1 aliphatic heterocycles. The van der Waals surface area contributed by atoms with Crippen molar-refractivity contribution in [3.05, 3.63) is 53.1 Å². The maximum Gasteiger partial charge on any atom is 0.244 e. The number of carbonyl (C=O) groups excluding carboxylic acids is 2. The Kier molecular flexibility index (Phi) is 8.50. The molecule has 0 aromatic heterocycles. The van der Waals surface area contributed by atoms with Crippen LogP contribution in [0.5, 0.6) is 11.5 Å². The molecule has 190 valence electrons. The van der Waals surface area contributed by atoms with Crippen LogP contribution in [0.15, 0.2) is 42.5 Å². The number of nitrogens with zero attached hydrogens (tertiary/aromatic N) is 2. The molecular formula is C24H30ClN3O6S. The molecule has 2 aromatic carbocycles. The maximum atomic E-state index is 13.6. The zero-order valence-electron chi connectivity index (χ0n) is 20.2. The first-order valence-corrected chi connectivity index (χ1v) is 13.4. The van der Waals surface area contributed by atoms with Crippen molar-refractivity contribution in [1.29, 1.82) is 0 Å². The number of hydrogen-bond donors (Lipinski definition) is 1. The molecule has 0 saturated heterocycles. The van der Waals surface area contributed by atoms with Crippen LogP contribution in [-0.4, -0.2) is 56.8 Å². The van der Waals surface area contributed by atoms with Gasteiger partial charge in [-0.05, 0) is 50.1 Å². The fraction of sp³-hybridized carbons (Fsp3) is 0.417. The van der Waals surface area contributed by atoms with Crippen LogP contribution < -0.4 is 19.1 Å². The van der Waals surface area contributed by atoms with Crippen molar-refractivity contribution in [3.63, 3.8) is 0 Å². The smallest absolute Gasteiger partial charge is 0.244 e. The van der Waals surface area contributed by atoms with E-state index in [2.05, 4.69) is 5.32 Å². The molecular weight excluding hydrogens is 494 g/mol. The van der Waals surface area contributed by atoms with Crippen molar-refractivity contribution >= 4 is 39.1 Å². The zero-order valence-corrected chi connectivity index (χ0v) is 21.7. The number of ether oxygens (including phenoxy) is 2. The number of nitrogens with one attached hydrogen (secondary N) is 1. The molecule has 1 unspecified atom stereocenters. The summed E-state index contributed by atoms with van der Waals surface area (Å²) in [6.07, 6.45) is 1.37. The molecule has 35 heavy (non-hydrogen) atoms. The Morgan fingerprint density at radius 2 is 1.74 bits per heavy atom. The second kappa shape index (κ2) is 11.2. The van der Waals surface area contributed by atoms with Gasteiger partial charge in [0.05, 0.1) is 11.9 Å². The molecule has 11 heteroatoms. The van der Waals surface area contributed by atoms with Crippen molar-refractivity contribution in [1.82, 2.24) is 10.2 Å². The molecule has 2 aromatic rings. The van der Waals surface area contributed by atoms with Gasteiger partial charge in [0, 0.05) is 23.7 Å². The predicted molar refractivity (Wildman–Crippen MR) is 134 cm³/mol. The lowest BCUT2D eigenvalue weighted by Gasteiger charge is -2.33. The summed E-state index contributed by atoms with van der Waals surface area (Å²) < 4.78 is 37.0. The van der Waals surface area contributed by atoms with Crippen molar-refractivity contribution in [3.8, 4) is 11.5 Å². The Hall–Kier alpha value is -2.98. The van der Waals surface area contributed by atoms with Crippen LogP contribution in [-0.2, 0) is 26.2 Å². The molecule has 0 saturated carbocycles. The number of anilines is 1. The van der Waals surface area contributed by atoms with E-state index >= 15 is 0 Å². The third-order valence-corrected chi connectivity index (χ3v) is 6.80. The molecule has 0 bridgehead atoms. The van der Waals surface area contributed by atoms with E-state index in [1.807, 2.05) is 13.8 Å². The second-order valence-electron chi connectivity index (χ2n) is 8.54. The van der Waals surface area contributed by atoms with E-state index in [-0.39, 0.29) is 31.0 Å². The summed E-state index contributed by atoms with van der Waals surface area (Å²) in [6, 6.07) is 10.7. The Balaban J connectivity index is 1.94. The Morgan fingerprint density at radius 1 is 1.09 bits per heavy atom. The SMILES string of the molecule is CCC(C(=O)NC(C)C)N(Cc1ccc(Cl)cc1)C(=O)CN(c1ccc2c(c1)OCO2)S(C)(=O)=O. The predicted octanol–water partition coefficient (Wildman–Crippen LogP) is 3.17. The monoisotopic (exact) mass is 523 g/mol. The quantitative estimate of drug-likeness (QED) is 0.513. The van der Waals surface area contributed by atoms with Crippen molar-refractivity contribution in [2.75, 3.05) is 23.9 Å². The van der Waals surface area contributed by atoms with Gasteiger partial charge in [0.15, 0.2) is 11.5 Å². The molecule has 1 N–H and O–H groups in total. The standard InChI is InChI=1S/C24H30ClN3O6S/c1-5-20(24(30)26-16(2)3)27(13-17-6-8-18(25)9-7-17)23(29)14-28(35(4,31)32)19-10-11-21-22(12-19)34-15-33-21/h6-12,16,20H,5,13-15H2,1-4H3,(H,26,30). The first-order valence-electron chi connectivity index (χ1n) is 11.2. The van der Waals surface area contributed by atoms with Crippen LogP contribution >= 0.6 is 11.6 Å². The highest BCUT2D eigenvalue weighted by Crippen LogP contribution is 2.36. The van der Waals surface area contributed by atoms with Crippen molar-refractivity contribution in [2.24, 2.45) is 0 Å². The lowest BCUT2D eigenvalue weighted by Crippen LogP contribution is -2.53. The van der Waals surface area contributed by atoms with Gasteiger partial charge in [-0.2, -0.15) is 0 Å². The van der Waals surface area contributed by atoms with Crippen LogP contribution in [0.3, 0.4) is 0 Å². The van der Waals surface area contributed by atoms with E-state index in [1.165, 1.54) is 11.0 Å². The minimum atomic E-state index is -3.84. The Labute approximate surface area is 211 Å². The number of fused-ring (bicyclic) bond motifs is 1. The lowest BCUT2D eigenvalue weighted by molar-refractivity contribution is -0.140. The minimum Gasteiger partial charge on any atom is -0.454 e. The van der Waals surface area contributed by atoms with Crippen molar-refractivity contribution < 1.29 is 27.5 Å². The lowest BCUT2D eigenvalue weighted by atomic mass is 10.1. The van der Waals surface area contributed by atoms with Gasteiger partial charge in [-0.1, -0.05) is 30.7 Å². The minimum absolute atomic E-state index is 0.0363. The molecule has 2 amide bonds. The maximum absolute atomic E-state index is 13.6. The van der Waals surface area contributed by atoms with E-state index in [1.54, 1.807) is 43.3 Å². The number of benzene rings is 2. The molecule has 3 rings (SSSR count). The third kappa shape index (κ3) is 6.79. The Bertz CT molecular complexity index is 1170. The average Bonchev–Trinajstić information content (AvgIpc) is 3.25. The molecule has 1 aliphatic rings. The molecule has 0 fully saturated rings. The first-order chi connectivity index (χ1) is 16.5. The summed E-state index contributed by atoms with van der Waals surface area (Å²) in [5, 5.41) is 3.40. The topological polar surface area (TPSA) is 105 Å². The molecule has 0 aliphatic carbocycles. The number of hydrogen-bond acceptors (Lipinski definition) is 6. The van der Waals surface area contributed by atoms with Gasteiger partial charge in [-0.3, -0.25) is 13.9 Å². The van der Waals surface area contributed by atoms with E-state index in [0.29, 0.717) is 22.9 Å². The normalized spacial score (nSPS) is 13.4. The summed E-state index contributed by atoms with van der Waals surface area (Å²) >= 11 is 6.00. The number of carbonyl (C=O) groups is 2. The van der Waals surface area contributed by atoms with Crippen LogP contribution in [0.25, 0.3) is 0 Å². The summed E-state index contributed by atoms with van der Waals surface area (Å²) in [6.45, 7) is 5.13. The molecule has 1 heterocycles. The van der Waals surface area contributed by atoms with Gasteiger partial charge < -0.3 is 19.7 Å². The van der Waals surface area contributed by atoms with E-state index in [0.717, 1.165) is 16.1 Å². The average molecular weight is 524 g/mol. The summed E-state index contributed by atoms with van der Waals surface area (Å²) in [5.74, 6) is 0.0613. The summed E-state index contributed by atoms with van der Waals surface area (Å²) in [5.41, 5.74) is 1.02. The van der Waals surface area contributed by atoms with E-state index in [4.69, 9.17) is 21.1 Å². The van der Waals surface area contributed by atoms with Crippen molar-refractivity contribution in [2.45, 2.75) is 45.8 Å². The number of rotatable bonds is 10. The Morgan fingerprint density at radius 3 is 2.34 bits per heavy atom. The second-order valence-corrected chi connectivity index (χ2v) is 10.9. The van der Waals surface area contributed by atoms with Crippen LogP contribution in [0.4, 0.5) is 5.69 Å². The number of amides is 2. The third-order valence-electron chi connectivity index (χ3n) is 5.41. The van der Waals surface area contributed by atoms with Gasteiger partial charge in [-0.25, -0.2) is 8.42 Å². The fourth-order valence-electron chi connectivity index (χ4n) is 3.74. The highest BCUT2D eigenvalue weighted by Gasteiger charge is 2.32. The zero-order chi connectivity index (χ0) is 25.8.